The summed E-state index contributed by atoms with van der Waals surface area (Å²) in [5.41, 5.74) is 0.874. The molecule has 116 valence electrons. The number of carbonyl (C=O) groups excluding carboxylic acids is 1. The summed E-state index contributed by atoms with van der Waals surface area (Å²) in [6.45, 7) is 5.56. The van der Waals surface area contributed by atoms with Crippen LogP contribution in [-0.2, 0) is 9.53 Å². The number of hydrogen-bond donors (Lipinski definition) is 2. The highest BCUT2D eigenvalue weighted by Crippen LogP contribution is 2.19. The zero-order chi connectivity index (χ0) is 15.1. The second-order valence-electron chi connectivity index (χ2n) is 5.55. The van der Waals surface area contributed by atoms with E-state index in [1.165, 1.54) is 0 Å². The van der Waals surface area contributed by atoms with E-state index in [0.29, 0.717) is 6.61 Å². The molecule has 1 atom stereocenters. The van der Waals surface area contributed by atoms with Gasteiger partial charge in [-0.2, -0.15) is 0 Å². The van der Waals surface area contributed by atoms with Gasteiger partial charge in [-0.15, -0.1) is 0 Å². The van der Waals surface area contributed by atoms with Gasteiger partial charge in [-0.05, 0) is 38.8 Å². The fourth-order valence-corrected chi connectivity index (χ4v) is 2.22. The Labute approximate surface area is 126 Å². The summed E-state index contributed by atoms with van der Waals surface area (Å²) in [6, 6.07) is 7.79. The number of amides is 1. The number of ether oxygens (including phenoxy) is 2. The van der Waals surface area contributed by atoms with Crippen molar-refractivity contribution in [1.29, 1.82) is 0 Å². The van der Waals surface area contributed by atoms with Gasteiger partial charge in [-0.25, -0.2) is 0 Å². The summed E-state index contributed by atoms with van der Waals surface area (Å²) in [5, 5.41) is 5.94. The van der Waals surface area contributed by atoms with E-state index in [2.05, 4.69) is 10.6 Å². The largest absolute Gasteiger partial charge is 0.491 e. The van der Waals surface area contributed by atoms with Crippen molar-refractivity contribution in [3.8, 4) is 5.75 Å². The highest BCUT2D eigenvalue weighted by atomic mass is 16.5. The third-order valence-electron chi connectivity index (χ3n) is 3.20. The topological polar surface area (TPSA) is 59.6 Å². The average Bonchev–Trinajstić information content (AvgIpc) is 2.96. The van der Waals surface area contributed by atoms with Gasteiger partial charge in [0, 0.05) is 24.4 Å². The first-order valence-electron chi connectivity index (χ1n) is 7.51. The number of rotatable bonds is 7. The smallest absolute Gasteiger partial charge is 0.239 e. The van der Waals surface area contributed by atoms with Crippen molar-refractivity contribution in [3.05, 3.63) is 24.3 Å². The maximum Gasteiger partial charge on any atom is 0.239 e. The van der Waals surface area contributed by atoms with Gasteiger partial charge >= 0.3 is 0 Å². The third kappa shape index (κ3) is 5.63. The molecule has 1 amide bonds. The van der Waals surface area contributed by atoms with Crippen molar-refractivity contribution in [1.82, 2.24) is 5.32 Å². The molecule has 1 aliphatic rings. The van der Waals surface area contributed by atoms with Crippen molar-refractivity contribution in [2.75, 3.05) is 25.1 Å². The standard InChI is InChI=1S/C16H24N2O3/c1-12(2)18-16(19)10-17-13-5-3-6-14(9-13)21-11-15-7-4-8-20-15/h3,5-6,9,12,15,17H,4,7-8,10-11H2,1-2H3,(H,18,19). The van der Waals surface area contributed by atoms with Crippen LogP contribution in [0.1, 0.15) is 26.7 Å². The van der Waals surface area contributed by atoms with Crippen molar-refractivity contribution >= 4 is 11.6 Å². The molecule has 1 aliphatic heterocycles. The minimum absolute atomic E-state index is 0.0179. The zero-order valence-corrected chi connectivity index (χ0v) is 12.7. The number of nitrogens with one attached hydrogen (secondary N) is 2. The highest BCUT2D eigenvalue weighted by molar-refractivity contribution is 5.80. The molecule has 2 N–H and O–H groups in total. The first-order chi connectivity index (χ1) is 10.1. The van der Waals surface area contributed by atoms with Crippen LogP contribution in [0.25, 0.3) is 0 Å². The van der Waals surface area contributed by atoms with Crippen LogP contribution in [0.4, 0.5) is 5.69 Å². The lowest BCUT2D eigenvalue weighted by atomic mass is 10.2. The molecule has 0 spiro atoms. The lowest BCUT2D eigenvalue weighted by Crippen LogP contribution is -2.34. The van der Waals surface area contributed by atoms with Gasteiger partial charge in [-0.1, -0.05) is 6.07 Å². The van der Waals surface area contributed by atoms with Crippen LogP contribution in [-0.4, -0.2) is 37.8 Å². The Morgan fingerprint density at radius 1 is 1.48 bits per heavy atom. The second kappa shape index (κ2) is 7.88. The first-order valence-corrected chi connectivity index (χ1v) is 7.51. The fraction of sp³-hybridized carbons (Fsp3) is 0.562. The molecule has 1 unspecified atom stereocenters. The minimum atomic E-state index is -0.0179. The number of carbonyl (C=O) groups is 1. The summed E-state index contributed by atoms with van der Waals surface area (Å²) in [4.78, 5) is 11.6. The first kappa shape index (κ1) is 15.6. The molecule has 1 aromatic carbocycles. The Bertz CT molecular complexity index is 457. The summed E-state index contributed by atoms with van der Waals surface area (Å²) in [7, 11) is 0. The second-order valence-corrected chi connectivity index (χ2v) is 5.55. The maximum atomic E-state index is 11.6. The molecule has 5 nitrogen and oxygen atoms in total. The van der Waals surface area contributed by atoms with E-state index >= 15 is 0 Å². The molecule has 0 saturated carbocycles. The summed E-state index contributed by atoms with van der Waals surface area (Å²) in [6.07, 6.45) is 2.38. The Balaban J connectivity index is 1.78. The Kier molecular flexibility index (Phi) is 5.87. The highest BCUT2D eigenvalue weighted by Gasteiger charge is 2.15. The molecule has 1 aromatic rings. The quantitative estimate of drug-likeness (QED) is 0.808. The van der Waals surface area contributed by atoms with Crippen molar-refractivity contribution < 1.29 is 14.3 Å². The molecule has 1 saturated heterocycles. The van der Waals surface area contributed by atoms with Gasteiger partial charge < -0.3 is 20.1 Å². The lowest BCUT2D eigenvalue weighted by Gasteiger charge is -2.13. The molecule has 21 heavy (non-hydrogen) atoms. The molecule has 1 heterocycles. The monoisotopic (exact) mass is 292 g/mol. The van der Waals surface area contributed by atoms with Crippen LogP contribution < -0.4 is 15.4 Å². The number of hydrogen-bond acceptors (Lipinski definition) is 4. The van der Waals surface area contributed by atoms with Gasteiger partial charge in [0.2, 0.25) is 5.91 Å². The molecular weight excluding hydrogens is 268 g/mol. The number of anilines is 1. The van der Waals surface area contributed by atoms with E-state index in [1.54, 1.807) is 0 Å². The molecule has 2 rings (SSSR count). The molecule has 1 fully saturated rings. The third-order valence-corrected chi connectivity index (χ3v) is 3.20. The van der Waals surface area contributed by atoms with Crippen LogP contribution in [0, 0.1) is 0 Å². The normalized spacial score (nSPS) is 17.8. The predicted molar refractivity (Wildman–Crippen MR) is 82.7 cm³/mol. The van der Waals surface area contributed by atoms with E-state index in [0.717, 1.165) is 30.9 Å². The summed E-state index contributed by atoms with van der Waals surface area (Å²) in [5.74, 6) is 0.774. The van der Waals surface area contributed by atoms with Gasteiger partial charge in [0.1, 0.15) is 12.4 Å². The average molecular weight is 292 g/mol. The Morgan fingerprint density at radius 2 is 2.33 bits per heavy atom. The summed E-state index contributed by atoms with van der Waals surface area (Å²) < 4.78 is 11.3. The Hall–Kier alpha value is -1.75. The fourth-order valence-electron chi connectivity index (χ4n) is 2.22. The molecule has 0 radical (unpaired) electrons. The molecular formula is C16H24N2O3. The molecule has 0 aliphatic carbocycles. The van der Waals surface area contributed by atoms with E-state index in [4.69, 9.17) is 9.47 Å². The Morgan fingerprint density at radius 3 is 3.05 bits per heavy atom. The van der Waals surface area contributed by atoms with E-state index in [1.807, 2.05) is 38.1 Å². The minimum Gasteiger partial charge on any atom is -0.491 e. The van der Waals surface area contributed by atoms with E-state index in [9.17, 15) is 4.79 Å². The predicted octanol–water partition coefficient (Wildman–Crippen LogP) is 2.18. The van der Waals surface area contributed by atoms with Crippen molar-refractivity contribution in [2.45, 2.75) is 38.8 Å². The van der Waals surface area contributed by atoms with Crippen molar-refractivity contribution in [2.24, 2.45) is 0 Å². The van der Waals surface area contributed by atoms with Gasteiger partial charge in [-0.3, -0.25) is 4.79 Å². The van der Waals surface area contributed by atoms with Crippen LogP contribution in [0.5, 0.6) is 5.75 Å². The summed E-state index contributed by atoms with van der Waals surface area (Å²) >= 11 is 0. The van der Waals surface area contributed by atoms with Crippen LogP contribution in [0.3, 0.4) is 0 Å². The van der Waals surface area contributed by atoms with Gasteiger partial charge in [0.25, 0.3) is 0 Å². The number of benzene rings is 1. The van der Waals surface area contributed by atoms with Gasteiger partial charge in [0.15, 0.2) is 0 Å². The SMILES string of the molecule is CC(C)NC(=O)CNc1cccc(OCC2CCCO2)c1. The maximum absolute atomic E-state index is 11.6. The van der Waals surface area contributed by atoms with Gasteiger partial charge in [0.05, 0.1) is 12.6 Å². The molecule has 0 bridgehead atoms. The van der Waals surface area contributed by atoms with E-state index in [-0.39, 0.29) is 24.6 Å². The van der Waals surface area contributed by atoms with Crippen LogP contribution in [0.15, 0.2) is 24.3 Å². The molecule has 5 heteroatoms. The molecule has 0 aromatic heterocycles. The van der Waals surface area contributed by atoms with Crippen LogP contribution in [0.2, 0.25) is 0 Å². The zero-order valence-electron chi connectivity index (χ0n) is 12.7. The lowest BCUT2D eigenvalue weighted by molar-refractivity contribution is -0.119. The van der Waals surface area contributed by atoms with E-state index < -0.39 is 0 Å². The van der Waals surface area contributed by atoms with Crippen molar-refractivity contribution in [3.63, 3.8) is 0 Å². The van der Waals surface area contributed by atoms with Crippen LogP contribution >= 0.6 is 0 Å².